The number of phosphoric ester groups is 1. The van der Waals surface area contributed by atoms with Crippen molar-refractivity contribution in [3.8, 4) is 0 Å². The molecule has 0 radical (unpaired) electrons. The summed E-state index contributed by atoms with van der Waals surface area (Å²) in [6.45, 7) is 4.59. The number of rotatable bonds is 43. The molecule has 0 spiro atoms. The number of nitrogens with one attached hydrogen (secondary N) is 1. The molecule has 0 fully saturated rings. The Hall–Kier alpha value is -1.28. The van der Waals surface area contributed by atoms with Gasteiger partial charge in [-0.1, -0.05) is 185 Å². The largest absolute Gasteiger partial charge is 0.756 e. The van der Waals surface area contributed by atoms with E-state index in [4.69, 9.17) is 9.05 Å². The van der Waals surface area contributed by atoms with Gasteiger partial charge in [0.15, 0.2) is 0 Å². The van der Waals surface area contributed by atoms with Gasteiger partial charge in [-0.15, -0.1) is 0 Å². The number of carbonyl (C=O) groups excluding carboxylic acids is 1. The highest BCUT2D eigenvalue weighted by atomic mass is 31.2. The van der Waals surface area contributed by atoms with Crippen molar-refractivity contribution in [3.63, 3.8) is 0 Å². The summed E-state index contributed by atoms with van der Waals surface area (Å²) in [5.74, 6) is -0.209. The van der Waals surface area contributed by atoms with Crippen molar-refractivity contribution in [2.24, 2.45) is 0 Å². The first-order chi connectivity index (χ1) is 27.5. The Balaban J connectivity index is 4.17. The molecule has 9 heteroatoms. The van der Waals surface area contributed by atoms with Crippen LogP contribution in [0.15, 0.2) is 36.5 Å². The van der Waals surface area contributed by atoms with Gasteiger partial charge in [-0.2, -0.15) is 0 Å². The molecule has 0 aliphatic heterocycles. The fraction of sp³-hybridized carbons (Fsp3) is 0.854. The van der Waals surface area contributed by atoms with Gasteiger partial charge in [-0.05, 0) is 57.8 Å². The molecule has 3 atom stereocenters. The Kier molecular flexibility index (Phi) is 39.2. The van der Waals surface area contributed by atoms with E-state index in [-0.39, 0.29) is 12.5 Å². The second kappa shape index (κ2) is 40.1. The number of amides is 1. The maximum absolute atomic E-state index is 12.8. The highest BCUT2D eigenvalue weighted by Gasteiger charge is 2.23. The molecule has 336 valence electrons. The molecule has 2 N–H and O–H groups in total. The van der Waals surface area contributed by atoms with Crippen LogP contribution in [0.1, 0.15) is 213 Å². The van der Waals surface area contributed by atoms with Crippen LogP contribution in [-0.2, 0) is 18.4 Å². The molecule has 0 heterocycles. The molecule has 3 unspecified atom stereocenters. The molecule has 0 rings (SSSR count). The van der Waals surface area contributed by atoms with Crippen molar-refractivity contribution >= 4 is 13.7 Å². The lowest BCUT2D eigenvalue weighted by molar-refractivity contribution is -0.870. The zero-order valence-electron chi connectivity index (χ0n) is 38.0. The molecule has 57 heavy (non-hydrogen) atoms. The van der Waals surface area contributed by atoms with Gasteiger partial charge in [0.05, 0.1) is 39.9 Å². The summed E-state index contributed by atoms with van der Waals surface area (Å²) in [5, 5.41) is 13.7. The lowest BCUT2D eigenvalue weighted by atomic mass is 10.0. The summed E-state index contributed by atoms with van der Waals surface area (Å²) in [6.07, 6.45) is 49.3. The molecule has 8 nitrogen and oxygen atoms in total. The van der Waals surface area contributed by atoms with Crippen LogP contribution in [0.3, 0.4) is 0 Å². The molecule has 0 aliphatic rings. The summed E-state index contributed by atoms with van der Waals surface area (Å²) in [4.78, 5) is 25.3. The predicted octanol–water partition coefficient (Wildman–Crippen LogP) is 12.8. The number of likely N-dealkylation sites (N-methyl/N-ethyl adjacent to an activating group) is 1. The van der Waals surface area contributed by atoms with Gasteiger partial charge in [-0.3, -0.25) is 9.36 Å². The highest BCUT2D eigenvalue weighted by molar-refractivity contribution is 7.45. The quantitative estimate of drug-likeness (QED) is 0.0274. The Morgan fingerprint density at radius 3 is 1.44 bits per heavy atom. The van der Waals surface area contributed by atoms with Crippen molar-refractivity contribution in [2.45, 2.75) is 225 Å². The number of unbranched alkanes of at least 4 members (excludes halogenated alkanes) is 26. The predicted molar refractivity (Wildman–Crippen MR) is 242 cm³/mol. The van der Waals surface area contributed by atoms with Crippen molar-refractivity contribution in [2.75, 3.05) is 40.9 Å². The molecule has 1 amide bonds. The number of nitrogens with zero attached hydrogens (tertiary/aromatic N) is 1. The molecule has 0 aromatic rings. The van der Waals surface area contributed by atoms with E-state index in [1.165, 1.54) is 154 Å². The molecule has 0 aliphatic carbocycles. The van der Waals surface area contributed by atoms with Crippen LogP contribution in [-0.4, -0.2) is 68.5 Å². The maximum atomic E-state index is 12.8. The van der Waals surface area contributed by atoms with E-state index in [1.54, 1.807) is 6.08 Å². The van der Waals surface area contributed by atoms with Crippen LogP contribution < -0.4 is 10.2 Å². The summed E-state index contributed by atoms with van der Waals surface area (Å²) in [6, 6.07) is -0.900. The molecular formula is C48H93N2O6P. The smallest absolute Gasteiger partial charge is 0.268 e. The lowest BCUT2D eigenvalue weighted by Gasteiger charge is -2.29. The van der Waals surface area contributed by atoms with Gasteiger partial charge in [-0.25, -0.2) is 0 Å². The van der Waals surface area contributed by atoms with E-state index < -0.39 is 26.6 Å². The average Bonchev–Trinajstić information content (AvgIpc) is 3.16. The average molecular weight is 825 g/mol. The number of aliphatic hydroxyl groups excluding tert-OH is 1. The van der Waals surface area contributed by atoms with E-state index in [2.05, 4.69) is 43.5 Å². The molecule has 0 aromatic heterocycles. The SMILES string of the molecule is CCCCCC/C=C/CC/C=C/C(O)C(COP(=O)([O-])OCC[N+](C)(C)C)NC(=O)CCCCCCCCCCCCCCC/C=C\CCCCCCCCCC. The number of quaternary nitrogens is 1. The number of hydrogen-bond acceptors (Lipinski definition) is 6. The van der Waals surface area contributed by atoms with Gasteiger partial charge in [0, 0.05) is 6.42 Å². The molecular weight excluding hydrogens is 732 g/mol. The summed E-state index contributed by atoms with van der Waals surface area (Å²) in [7, 11) is 1.24. The van der Waals surface area contributed by atoms with E-state index in [0.29, 0.717) is 17.4 Å². The maximum Gasteiger partial charge on any atom is 0.268 e. The fourth-order valence-corrected chi connectivity index (χ4v) is 7.47. The van der Waals surface area contributed by atoms with Crippen LogP contribution in [0.25, 0.3) is 0 Å². The molecule has 0 saturated heterocycles. The van der Waals surface area contributed by atoms with Crippen molar-refractivity contribution in [1.29, 1.82) is 0 Å². The lowest BCUT2D eigenvalue weighted by Crippen LogP contribution is -2.45. The number of aliphatic hydroxyl groups is 1. The van der Waals surface area contributed by atoms with E-state index in [1.807, 2.05) is 27.2 Å². The Morgan fingerprint density at radius 1 is 0.596 bits per heavy atom. The van der Waals surface area contributed by atoms with E-state index in [9.17, 15) is 19.4 Å². The van der Waals surface area contributed by atoms with Gasteiger partial charge in [0.2, 0.25) is 5.91 Å². The first-order valence-electron chi connectivity index (χ1n) is 23.9. The zero-order valence-corrected chi connectivity index (χ0v) is 38.9. The third kappa shape index (κ3) is 42.6. The minimum atomic E-state index is -4.59. The molecule has 0 saturated carbocycles. The van der Waals surface area contributed by atoms with Crippen LogP contribution in [0.2, 0.25) is 0 Å². The highest BCUT2D eigenvalue weighted by Crippen LogP contribution is 2.38. The van der Waals surface area contributed by atoms with Crippen molar-refractivity contribution in [1.82, 2.24) is 5.32 Å². The van der Waals surface area contributed by atoms with Crippen LogP contribution >= 0.6 is 7.82 Å². The minimum absolute atomic E-state index is 0.00616. The van der Waals surface area contributed by atoms with Gasteiger partial charge < -0.3 is 28.8 Å². The van der Waals surface area contributed by atoms with Crippen LogP contribution in [0.4, 0.5) is 0 Å². The van der Waals surface area contributed by atoms with Crippen LogP contribution in [0.5, 0.6) is 0 Å². The van der Waals surface area contributed by atoms with Gasteiger partial charge in [0.25, 0.3) is 7.82 Å². The summed E-state index contributed by atoms with van der Waals surface area (Å²) >= 11 is 0. The van der Waals surface area contributed by atoms with Crippen molar-refractivity contribution in [3.05, 3.63) is 36.5 Å². The first kappa shape index (κ1) is 55.7. The third-order valence-electron chi connectivity index (χ3n) is 10.6. The number of hydrogen-bond donors (Lipinski definition) is 2. The number of phosphoric acid groups is 1. The summed E-state index contributed by atoms with van der Waals surface area (Å²) < 4.78 is 23.1. The Bertz CT molecular complexity index is 1030. The van der Waals surface area contributed by atoms with E-state index in [0.717, 1.165) is 38.5 Å². The number of allylic oxidation sites excluding steroid dienone is 5. The second-order valence-corrected chi connectivity index (χ2v) is 18.9. The first-order valence-corrected chi connectivity index (χ1v) is 25.3. The fourth-order valence-electron chi connectivity index (χ4n) is 6.75. The van der Waals surface area contributed by atoms with Gasteiger partial charge in [0.1, 0.15) is 13.2 Å². The second-order valence-electron chi connectivity index (χ2n) is 17.5. The van der Waals surface area contributed by atoms with Gasteiger partial charge >= 0.3 is 0 Å². The van der Waals surface area contributed by atoms with Crippen LogP contribution in [0, 0.1) is 0 Å². The molecule has 0 bridgehead atoms. The third-order valence-corrected chi connectivity index (χ3v) is 11.5. The van der Waals surface area contributed by atoms with Crippen molar-refractivity contribution < 1.29 is 32.9 Å². The Labute approximate surface area is 353 Å². The monoisotopic (exact) mass is 825 g/mol. The Morgan fingerprint density at radius 2 is 0.982 bits per heavy atom. The minimum Gasteiger partial charge on any atom is -0.756 e. The topological polar surface area (TPSA) is 108 Å². The normalized spacial score (nSPS) is 14.6. The van der Waals surface area contributed by atoms with E-state index >= 15 is 0 Å². The number of carbonyl (C=O) groups is 1. The standard InChI is InChI=1S/C48H93N2O6P/c1-6-8-10-12-14-16-18-19-20-21-22-23-24-25-26-27-28-29-30-31-32-34-36-38-40-42-48(52)49-46(45-56-57(53,54)55-44-43-50(3,4)5)47(51)41-39-37-35-33-17-15-13-11-9-7-2/h17,21-22,33,39,41,46-47,51H,6-16,18-20,23-32,34-38,40,42-45H2,1-5H3,(H-,49,52,53,54)/b22-21-,33-17+,41-39+. The summed E-state index contributed by atoms with van der Waals surface area (Å²) in [5.41, 5.74) is 0. The zero-order chi connectivity index (χ0) is 42.1. The molecule has 0 aromatic carbocycles.